The Morgan fingerprint density at radius 1 is 1.35 bits per heavy atom. The van der Waals surface area contributed by atoms with Crippen LogP contribution in [0.15, 0.2) is 6.20 Å². The number of hydrogen-bond acceptors (Lipinski definition) is 4. The molecule has 0 spiro atoms. The molecule has 2 saturated carbocycles. The van der Waals surface area contributed by atoms with Crippen molar-refractivity contribution in [2.24, 2.45) is 11.7 Å². The fraction of sp³-hybridized carbons (Fsp3) is 0.833. The Balaban J connectivity index is 1.57. The smallest absolute Gasteiger partial charge is 0.0967 e. The van der Waals surface area contributed by atoms with Gasteiger partial charge in [0.25, 0.3) is 0 Å². The van der Waals surface area contributed by atoms with Gasteiger partial charge in [0.1, 0.15) is 0 Å². The molecule has 0 bridgehead atoms. The fourth-order valence-electron chi connectivity index (χ4n) is 2.28. The van der Waals surface area contributed by atoms with Gasteiger partial charge in [-0.25, -0.2) is 0 Å². The average molecular weight is 235 g/mol. The van der Waals surface area contributed by atoms with Crippen LogP contribution < -0.4 is 5.73 Å². The summed E-state index contributed by atoms with van der Waals surface area (Å²) in [6.07, 6.45) is 7.61. The Labute approximate surface area is 102 Å². The van der Waals surface area contributed by atoms with Gasteiger partial charge in [-0.3, -0.25) is 9.58 Å². The number of hydrogen-bond donors (Lipinski definition) is 1. The molecule has 1 heterocycles. The van der Waals surface area contributed by atoms with Crippen LogP contribution in [0.3, 0.4) is 0 Å². The van der Waals surface area contributed by atoms with Crippen molar-refractivity contribution in [2.45, 2.75) is 44.8 Å². The molecule has 0 radical (unpaired) electrons. The van der Waals surface area contributed by atoms with E-state index in [4.69, 9.17) is 5.73 Å². The lowest BCUT2D eigenvalue weighted by atomic mass is 10.3. The molecule has 2 aliphatic carbocycles. The first kappa shape index (κ1) is 11.2. The molecular formula is C12H21N5. The summed E-state index contributed by atoms with van der Waals surface area (Å²) in [5, 5.41) is 8.32. The summed E-state index contributed by atoms with van der Waals surface area (Å²) in [6, 6.07) is 0.815. The highest BCUT2D eigenvalue weighted by molar-refractivity contribution is 4.97. The molecule has 1 aromatic heterocycles. The Bertz CT molecular complexity index is 367. The summed E-state index contributed by atoms with van der Waals surface area (Å²) >= 11 is 0. The monoisotopic (exact) mass is 235 g/mol. The first-order valence-electron chi connectivity index (χ1n) is 6.68. The molecule has 0 saturated heterocycles. The maximum absolute atomic E-state index is 5.50. The van der Waals surface area contributed by atoms with E-state index in [0.29, 0.717) is 6.54 Å². The van der Waals surface area contributed by atoms with Gasteiger partial charge in [-0.05, 0) is 31.6 Å². The molecule has 17 heavy (non-hydrogen) atoms. The van der Waals surface area contributed by atoms with E-state index >= 15 is 0 Å². The summed E-state index contributed by atoms with van der Waals surface area (Å²) < 4.78 is 1.84. The van der Waals surface area contributed by atoms with Crippen LogP contribution in [0, 0.1) is 5.92 Å². The van der Waals surface area contributed by atoms with Gasteiger partial charge in [0.15, 0.2) is 0 Å². The molecule has 94 valence electrons. The van der Waals surface area contributed by atoms with E-state index in [2.05, 4.69) is 15.2 Å². The predicted octanol–water partition coefficient (Wildman–Crippen LogP) is 0.611. The number of nitrogens with two attached hydrogens (primary N) is 1. The maximum atomic E-state index is 5.50. The minimum Gasteiger partial charge on any atom is -0.329 e. The minimum atomic E-state index is 0.622. The lowest BCUT2D eigenvalue weighted by Crippen LogP contribution is -2.28. The van der Waals surface area contributed by atoms with Crippen molar-refractivity contribution in [3.05, 3.63) is 11.9 Å². The van der Waals surface area contributed by atoms with Gasteiger partial charge in [-0.1, -0.05) is 5.21 Å². The third kappa shape index (κ3) is 3.04. The zero-order valence-electron chi connectivity index (χ0n) is 10.3. The third-order valence-corrected chi connectivity index (χ3v) is 3.56. The molecule has 3 rings (SSSR count). The zero-order chi connectivity index (χ0) is 11.7. The standard InChI is InChI=1S/C12H21N5/c13-5-6-17-9-11(14-15-17)8-16(12-3-4-12)7-10-1-2-10/h9-10,12H,1-8,13H2. The maximum Gasteiger partial charge on any atom is 0.0967 e. The molecule has 0 aliphatic heterocycles. The first-order chi connectivity index (χ1) is 8.35. The van der Waals surface area contributed by atoms with E-state index in [-0.39, 0.29) is 0 Å². The topological polar surface area (TPSA) is 60.0 Å². The number of nitrogens with zero attached hydrogens (tertiary/aromatic N) is 4. The normalized spacial score (nSPS) is 20.1. The summed E-state index contributed by atoms with van der Waals surface area (Å²) in [6.45, 7) is 3.61. The van der Waals surface area contributed by atoms with Crippen molar-refractivity contribution in [1.29, 1.82) is 0 Å². The van der Waals surface area contributed by atoms with Gasteiger partial charge in [0.05, 0.1) is 12.2 Å². The van der Waals surface area contributed by atoms with Crippen molar-refractivity contribution in [2.75, 3.05) is 13.1 Å². The summed E-state index contributed by atoms with van der Waals surface area (Å²) in [5.41, 5.74) is 6.59. The quantitative estimate of drug-likeness (QED) is 0.752. The second-order valence-corrected chi connectivity index (χ2v) is 5.37. The first-order valence-corrected chi connectivity index (χ1v) is 6.68. The van der Waals surface area contributed by atoms with Gasteiger partial charge in [-0.2, -0.15) is 0 Å². The predicted molar refractivity (Wildman–Crippen MR) is 65.2 cm³/mol. The van der Waals surface area contributed by atoms with Crippen LogP contribution in [0.4, 0.5) is 0 Å². The van der Waals surface area contributed by atoms with Crippen LogP contribution in [-0.4, -0.2) is 39.0 Å². The SMILES string of the molecule is NCCn1cc(CN(CC2CC2)C2CC2)nn1. The van der Waals surface area contributed by atoms with Crippen molar-refractivity contribution in [3.63, 3.8) is 0 Å². The van der Waals surface area contributed by atoms with Crippen LogP contribution in [0.1, 0.15) is 31.4 Å². The Hall–Kier alpha value is -0.940. The molecule has 1 aromatic rings. The second kappa shape index (κ2) is 4.74. The van der Waals surface area contributed by atoms with Crippen LogP contribution >= 0.6 is 0 Å². The van der Waals surface area contributed by atoms with Gasteiger partial charge >= 0.3 is 0 Å². The average Bonchev–Trinajstić information content (AvgIpc) is 3.20. The van der Waals surface area contributed by atoms with Crippen LogP contribution in [-0.2, 0) is 13.1 Å². The summed E-state index contributed by atoms with van der Waals surface area (Å²) in [4.78, 5) is 2.59. The molecule has 0 unspecified atom stereocenters. The summed E-state index contributed by atoms with van der Waals surface area (Å²) in [5.74, 6) is 0.953. The lowest BCUT2D eigenvalue weighted by molar-refractivity contribution is 0.241. The van der Waals surface area contributed by atoms with Crippen molar-refractivity contribution >= 4 is 0 Å². The van der Waals surface area contributed by atoms with Crippen molar-refractivity contribution in [3.8, 4) is 0 Å². The van der Waals surface area contributed by atoms with Crippen LogP contribution in [0.2, 0.25) is 0 Å². The highest BCUT2D eigenvalue weighted by atomic mass is 15.4. The van der Waals surface area contributed by atoms with Gasteiger partial charge in [-0.15, -0.1) is 5.10 Å². The van der Waals surface area contributed by atoms with E-state index in [0.717, 1.165) is 30.7 Å². The Morgan fingerprint density at radius 2 is 2.18 bits per heavy atom. The molecule has 2 aliphatic rings. The molecule has 0 amide bonds. The van der Waals surface area contributed by atoms with Gasteiger partial charge in [0.2, 0.25) is 0 Å². The van der Waals surface area contributed by atoms with E-state index in [1.807, 2.05) is 10.9 Å². The number of rotatable bonds is 7. The molecular weight excluding hydrogens is 214 g/mol. The highest BCUT2D eigenvalue weighted by Gasteiger charge is 2.33. The molecule has 0 atom stereocenters. The third-order valence-electron chi connectivity index (χ3n) is 3.56. The molecule has 0 aromatic carbocycles. The van der Waals surface area contributed by atoms with Crippen molar-refractivity contribution in [1.82, 2.24) is 19.9 Å². The van der Waals surface area contributed by atoms with E-state index < -0.39 is 0 Å². The largest absolute Gasteiger partial charge is 0.329 e. The second-order valence-electron chi connectivity index (χ2n) is 5.37. The summed E-state index contributed by atoms with van der Waals surface area (Å²) in [7, 11) is 0. The highest BCUT2D eigenvalue weighted by Crippen LogP contribution is 2.35. The Morgan fingerprint density at radius 3 is 2.82 bits per heavy atom. The molecule has 2 fully saturated rings. The lowest BCUT2D eigenvalue weighted by Gasteiger charge is -2.20. The van der Waals surface area contributed by atoms with E-state index in [1.165, 1.54) is 32.2 Å². The van der Waals surface area contributed by atoms with Gasteiger partial charge in [0, 0.05) is 31.9 Å². The fourth-order valence-corrected chi connectivity index (χ4v) is 2.28. The molecule has 5 heteroatoms. The number of aromatic nitrogens is 3. The van der Waals surface area contributed by atoms with Crippen LogP contribution in [0.5, 0.6) is 0 Å². The Kier molecular flexibility index (Phi) is 3.11. The minimum absolute atomic E-state index is 0.622. The van der Waals surface area contributed by atoms with Crippen molar-refractivity contribution < 1.29 is 0 Å². The van der Waals surface area contributed by atoms with E-state index in [1.54, 1.807) is 0 Å². The van der Waals surface area contributed by atoms with E-state index in [9.17, 15) is 0 Å². The molecule has 2 N–H and O–H groups in total. The zero-order valence-corrected chi connectivity index (χ0v) is 10.3. The van der Waals surface area contributed by atoms with Crippen LogP contribution in [0.25, 0.3) is 0 Å². The van der Waals surface area contributed by atoms with Gasteiger partial charge < -0.3 is 5.73 Å². The molecule has 5 nitrogen and oxygen atoms in total.